The number of rotatable bonds is 10. The largest absolute Gasteiger partial charge is 0.481 e. The summed E-state index contributed by atoms with van der Waals surface area (Å²) < 4.78 is 37.6. The van der Waals surface area contributed by atoms with E-state index >= 15 is 0 Å². The highest BCUT2D eigenvalue weighted by molar-refractivity contribution is 5.98. The third-order valence-electron chi connectivity index (χ3n) is 4.36. The highest BCUT2D eigenvalue weighted by atomic mass is 19.3. The molecule has 0 aliphatic rings. The van der Waals surface area contributed by atoms with Gasteiger partial charge in [0.2, 0.25) is 11.8 Å². The molecule has 8 nitrogen and oxygen atoms in total. The number of ether oxygens (including phenoxy) is 2. The Balaban J connectivity index is 2.09. The van der Waals surface area contributed by atoms with Crippen LogP contribution in [0.15, 0.2) is 36.4 Å². The van der Waals surface area contributed by atoms with Crippen LogP contribution in [0.2, 0.25) is 0 Å². The van der Waals surface area contributed by atoms with Crippen molar-refractivity contribution in [2.45, 2.75) is 33.2 Å². The first kappa shape index (κ1) is 24.7. The number of halogens is 2. The SMILES string of the molecule is C=C(C)C(F)(F)COc1ccc(CNC(=O)c2cc(C)nc(C(=O)NCC)c2)c(OC)n1. The Kier molecular flexibility index (Phi) is 8.22. The van der Waals surface area contributed by atoms with Crippen LogP contribution in [-0.2, 0) is 6.54 Å². The summed E-state index contributed by atoms with van der Waals surface area (Å²) in [6.07, 6.45) is 0. The zero-order valence-electron chi connectivity index (χ0n) is 18.4. The van der Waals surface area contributed by atoms with Crippen LogP contribution < -0.4 is 20.1 Å². The fourth-order valence-electron chi connectivity index (χ4n) is 2.58. The number of nitrogens with zero attached hydrogens (tertiary/aromatic N) is 2. The number of carbonyl (C=O) groups excluding carboxylic acids is 2. The molecule has 172 valence electrons. The summed E-state index contributed by atoms with van der Waals surface area (Å²) >= 11 is 0. The van der Waals surface area contributed by atoms with Gasteiger partial charge in [0.15, 0.2) is 6.61 Å². The Bertz CT molecular complexity index is 1010. The van der Waals surface area contributed by atoms with Crippen molar-refractivity contribution < 1.29 is 27.8 Å². The maximum absolute atomic E-state index is 13.7. The van der Waals surface area contributed by atoms with Crippen molar-refractivity contribution >= 4 is 11.8 Å². The van der Waals surface area contributed by atoms with Gasteiger partial charge in [0.1, 0.15) is 5.69 Å². The Hall–Kier alpha value is -3.56. The molecule has 10 heteroatoms. The minimum Gasteiger partial charge on any atom is -0.481 e. The van der Waals surface area contributed by atoms with Crippen LogP contribution >= 0.6 is 0 Å². The van der Waals surface area contributed by atoms with Gasteiger partial charge in [0, 0.05) is 36.0 Å². The predicted octanol–water partition coefficient (Wildman–Crippen LogP) is 3.06. The zero-order chi connectivity index (χ0) is 23.9. The Morgan fingerprint density at radius 2 is 1.88 bits per heavy atom. The number of methoxy groups -OCH3 is 1. The number of aromatic nitrogens is 2. The molecule has 2 aromatic heterocycles. The van der Waals surface area contributed by atoms with E-state index in [2.05, 4.69) is 27.2 Å². The van der Waals surface area contributed by atoms with Crippen molar-refractivity contribution in [2.24, 2.45) is 0 Å². The lowest BCUT2D eigenvalue weighted by atomic mass is 10.1. The standard InChI is InChI=1S/C22H26F2N4O4/c1-6-25-20(30)17-10-16(9-14(4)27-17)19(29)26-11-15-7-8-18(28-21(15)31-5)32-12-22(23,24)13(2)3/h7-10H,2,6,11-12H2,1,3-5H3,(H,25,30)(H,26,29). The van der Waals surface area contributed by atoms with Crippen molar-refractivity contribution in [3.05, 3.63) is 58.9 Å². The van der Waals surface area contributed by atoms with Crippen LogP contribution in [-0.4, -0.2) is 48.0 Å². The van der Waals surface area contributed by atoms with E-state index < -0.39 is 18.4 Å². The number of carbonyl (C=O) groups is 2. The van der Waals surface area contributed by atoms with Gasteiger partial charge in [0.25, 0.3) is 11.8 Å². The number of pyridine rings is 2. The molecule has 0 radical (unpaired) electrons. The van der Waals surface area contributed by atoms with Crippen LogP contribution in [0.5, 0.6) is 11.8 Å². The lowest BCUT2D eigenvalue weighted by Gasteiger charge is -2.17. The van der Waals surface area contributed by atoms with Crippen LogP contribution in [0.4, 0.5) is 8.78 Å². The highest BCUT2D eigenvalue weighted by Crippen LogP contribution is 2.25. The molecule has 0 atom stereocenters. The van der Waals surface area contributed by atoms with Crippen LogP contribution in [0.1, 0.15) is 46.0 Å². The third-order valence-corrected chi connectivity index (χ3v) is 4.36. The van der Waals surface area contributed by atoms with Crippen LogP contribution in [0.3, 0.4) is 0 Å². The van der Waals surface area contributed by atoms with Gasteiger partial charge in [-0.1, -0.05) is 6.58 Å². The van der Waals surface area contributed by atoms with Gasteiger partial charge in [-0.3, -0.25) is 9.59 Å². The van der Waals surface area contributed by atoms with Crippen LogP contribution in [0, 0.1) is 6.92 Å². The molecule has 0 fully saturated rings. The van der Waals surface area contributed by atoms with E-state index in [1.54, 1.807) is 26.0 Å². The predicted molar refractivity (Wildman–Crippen MR) is 114 cm³/mol. The lowest BCUT2D eigenvalue weighted by molar-refractivity contribution is -0.00711. The van der Waals surface area contributed by atoms with Crippen molar-refractivity contribution in [3.8, 4) is 11.8 Å². The molecular formula is C22H26F2N4O4. The van der Waals surface area contributed by atoms with Gasteiger partial charge in [-0.2, -0.15) is 13.8 Å². The summed E-state index contributed by atoms with van der Waals surface area (Å²) in [6, 6.07) is 5.92. The fourth-order valence-corrected chi connectivity index (χ4v) is 2.58. The highest BCUT2D eigenvalue weighted by Gasteiger charge is 2.31. The van der Waals surface area contributed by atoms with E-state index in [-0.39, 0.29) is 41.0 Å². The lowest BCUT2D eigenvalue weighted by Crippen LogP contribution is -2.27. The summed E-state index contributed by atoms with van der Waals surface area (Å²) in [6.45, 7) is 7.51. The topological polar surface area (TPSA) is 102 Å². The minimum absolute atomic E-state index is 0.0470. The monoisotopic (exact) mass is 448 g/mol. The van der Waals surface area contributed by atoms with Crippen molar-refractivity contribution in [1.82, 2.24) is 20.6 Å². The average molecular weight is 448 g/mol. The van der Waals surface area contributed by atoms with Crippen LogP contribution in [0.25, 0.3) is 0 Å². The molecule has 0 aliphatic heterocycles. The Labute approximate surface area is 185 Å². The summed E-state index contributed by atoms with van der Waals surface area (Å²) in [5.41, 5.74) is 1.13. The number of nitrogens with one attached hydrogen (secondary N) is 2. The van der Waals surface area contributed by atoms with Crippen molar-refractivity contribution in [3.63, 3.8) is 0 Å². The summed E-state index contributed by atoms with van der Waals surface area (Å²) in [7, 11) is 1.37. The molecule has 2 rings (SSSR count). The number of alkyl halides is 2. The molecule has 0 unspecified atom stereocenters. The van der Waals surface area contributed by atoms with Gasteiger partial charge >= 0.3 is 5.92 Å². The average Bonchev–Trinajstić information content (AvgIpc) is 2.75. The van der Waals surface area contributed by atoms with Crippen molar-refractivity contribution in [1.29, 1.82) is 0 Å². The van der Waals surface area contributed by atoms with Gasteiger partial charge < -0.3 is 20.1 Å². The summed E-state index contributed by atoms with van der Waals surface area (Å²) in [5.74, 6) is -3.91. The molecule has 0 aromatic carbocycles. The van der Waals surface area contributed by atoms with E-state index in [4.69, 9.17) is 9.47 Å². The zero-order valence-corrected chi connectivity index (χ0v) is 18.4. The molecule has 0 spiro atoms. The first-order valence-corrected chi connectivity index (χ1v) is 9.83. The van der Waals surface area contributed by atoms with E-state index in [0.717, 1.165) is 0 Å². The number of aryl methyl sites for hydroxylation is 1. The van der Waals surface area contributed by atoms with Crippen molar-refractivity contribution in [2.75, 3.05) is 20.3 Å². The first-order valence-electron chi connectivity index (χ1n) is 9.83. The molecule has 0 saturated carbocycles. The third kappa shape index (κ3) is 6.47. The molecule has 2 aromatic rings. The summed E-state index contributed by atoms with van der Waals surface area (Å²) in [4.78, 5) is 32.8. The van der Waals surface area contributed by atoms with E-state index in [0.29, 0.717) is 17.8 Å². The Morgan fingerprint density at radius 3 is 2.50 bits per heavy atom. The molecule has 2 N–H and O–H groups in total. The van der Waals surface area contributed by atoms with E-state index in [9.17, 15) is 18.4 Å². The van der Waals surface area contributed by atoms with Gasteiger partial charge in [-0.05, 0) is 44.5 Å². The van der Waals surface area contributed by atoms with E-state index in [1.165, 1.54) is 26.2 Å². The normalized spacial score (nSPS) is 10.9. The van der Waals surface area contributed by atoms with Gasteiger partial charge in [0.05, 0.1) is 7.11 Å². The molecular weight excluding hydrogens is 422 g/mol. The Morgan fingerprint density at radius 1 is 1.16 bits per heavy atom. The minimum atomic E-state index is -3.18. The van der Waals surface area contributed by atoms with Gasteiger partial charge in [-0.25, -0.2) is 4.98 Å². The number of amides is 2. The second-order valence-corrected chi connectivity index (χ2v) is 7.02. The molecule has 0 aliphatic carbocycles. The smallest absolute Gasteiger partial charge is 0.302 e. The maximum Gasteiger partial charge on any atom is 0.302 e. The molecule has 32 heavy (non-hydrogen) atoms. The molecule has 2 amide bonds. The molecule has 0 saturated heterocycles. The fraction of sp³-hybridized carbons (Fsp3) is 0.364. The van der Waals surface area contributed by atoms with E-state index in [1.807, 2.05) is 0 Å². The first-order chi connectivity index (χ1) is 15.1. The molecule has 0 bridgehead atoms. The summed E-state index contributed by atoms with van der Waals surface area (Å²) in [5, 5.41) is 5.35. The quantitative estimate of drug-likeness (QED) is 0.542. The number of hydrogen-bond donors (Lipinski definition) is 2. The second kappa shape index (κ2) is 10.7. The van der Waals surface area contributed by atoms with Gasteiger partial charge in [-0.15, -0.1) is 0 Å². The number of hydrogen-bond acceptors (Lipinski definition) is 6. The second-order valence-electron chi connectivity index (χ2n) is 7.02. The maximum atomic E-state index is 13.7. The molecule has 2 heterocycles.